The number of hydrogen-bond donors (Lipinski definition) is 1. The molecule has 0 aliphatic carbocycles. The lowest BCUT2D eigenvalue weighted by molar-refractivity contribution is -0.385. The van der Waals surface area contributed by atoms with Crippen molar-refractivity contribution in [3.8, 4) is 0 Å². The number of amides is 1. The highest BCUT2D eigenvalue weighted by Crippen LogP contribution is 2.25. The third kappa shape index (κ3) is 2.65. The predicted molar refractivity (Wildman–Crippen MR) is 75.8 cm³/mol. The van der Waals surface area contributed by atoms with Crippen molar-refractivity contribution in [1.29, 1.82) is 0 Å². The highest BCUT2D eigenvalue weighted by molar-refractivity contribution is 5.97. The zero-order valence-corrected chi connectivity index (χ0v) is 11.8. The van der Waals surface area contributed by atoms with Crippen LogP contribution in [0.5, 0.6) is 0 Å². The van der Waals surface area contributed by atoms with Gasteiger partial charge in [0.25, 0.3) is 11.6 Å². The SMILES string of the molecule is CNCC1CCCN1C(=O)c1cccc([N+](=O)[O-])c1C. The summed E-state index contributed by atoms with van der Waals surface area (Å²) in [5.74, 6) is -0.107. The Morgan fingerprint density at radius 3 is 2.95 bits per heavy atom. The molecule has 1 unspecified atom stereocenters. The zero-order valence-electron chi connectivity index (χ0n) is 11.8. The third-order valence-electron chi connectivity index (χ3n) is 3.81. The van der Waals surface area contributed by atoms with Crippen LogP contribution in [-0.2, 0) is 0 Å². The largest absolute Gasteiger partial charge is 0.334 e. The molecular weight excluding hydrogens is 258 g/mol. The Morgan fingerprint density at radius 1 is 1.55 bits per heavy atom. The molecule has 1 atom stereocenters. The number of nitro benzene ring substituents is 1. The Bertz CT molecular complexity index is 530. The molecule has 20 heavy (non-hydrogen) atoms. The number of nitro groups is 1. The summed E-state index contributed by atoms with van der Waals surface area (Å²) in [6.45, 7) is 3.10. The number of carbonyl (C=O) groups is 1. The van der Waals surface area contributed by atoms with Crippen LogP contribution in [0.1, 0.15) is 28.8 Å². The minimum atomic E-state index is -0.443. The third-order valence-corrected chi connectivity index (χ3v) is 3.81. The smallest absolute Gasteiger partial charge is 0.273 e. The molecule has 1 aliphatic heterocycles. The molecule has 1 fully saturated rings. The monoisotopic (exact) mass is 277 g/mol. The van der Waals surface area contributed by atoms with Gasteiger partial charge in [0.2, 0.25) is 0 Å². The lowest BCUT2D eigenvalue weighted by Crippen LogP contribution is -2.41. The fraction of sp³-hybridized carbons (Fsp3) is 0.500. The van der Waals surface area contributed by atoms with Gasteiger partial charge in [-0.15, -0.1) is 0 Å². The van der Waals surface area contributed by atoms with E-state index in [1.807, 2.05) is 11.9 Å². The molecular formula is C14H19N3O3. The lowest BCUT2D eigenvalue weighted by Gasteiger charge is -2.25. The van der Waals surface area contributed by atoms with Crippen LogP contribution in [0.2, 0.25) is 0 Å². The van der Waals surface area contributed by atoms with Gasteiger partial charge in [0.1, 0.15) is 0 Å². The van der Waals surface area contributed by atoms with Crippen LogP contribution < -0.4 is 5.32 Å². The molecule has 6 heteroatoms. The van der Waals surface area contributed by atoms with Crippen molar-refractivity contribution in [2.24, 2.45) is 0 Å². The van der Waals surface area contributed by atoms with Crippen LogP contribution in [0.15, 0.2) is 18.2 Å². The number of nitrogens with zero attached hydrogens (tertiary/aromatic N) is 2. The molecule has 1 aromatic rings. The van der Waals surface area contributed by atoms with Crippen LogP contribution in [0.25, 0.3) is 0 Å². The number of rotatable bonds is 4. The minimum absolute atomic E-state index is 0.000198. The van der Waals surface area contributed by atoms with Crippen molar-refractivity contribution < 1.29 is 9.72 Å². The topological polar surface area (TPSA) is 75.5 Å². The van der Waals surface area contributed by atoms with E-state index in [1.54, 1.807) is 19.1 Å². The molecule has 1 saturated heterocycles. The van der Waals surface area contributed by atoms with Crippen LogP contribution in [-0.4, -0.2) is 41.9 Å². The van der Waals surface area contributed by atoms with Crippen molar-refractivity contribution in [3.05, 3.63) is 39.4 Å². The first-order valence-electron chi connectivity index (χ1n) is 6.75. The summed E-state index contributed by atoms with van der Waals surface area (Å²) >= 11 is 0. The Hall–Kier alpha value is -1.95. The number of carbonyl (C=O) groups excluding carboxylic acids is 1. The summed E-state index contributed by atoms with van der Waals surface area (Å²) in [5.41, 5.74) is 0.875. The summed E-state index contributed by atoms with van der Waals surface area (Å²) in [6, 6.07) is 4.84. The van der Waals surface area contributed by atoms with Gasteiger partial charge in [-0.1, -0.05) is 6.07 Å². The van der Waals surface area contributed by atoms with Crippen molar-refractivity contribution in [1.82, 2.24) is 10.2 Å². The summed E-state index contributed by atoms with van der Waals surface area (Å²) in [5, 5.41) is 14.0. The van der Waals surface area contributed by atoms with Crippen LogP contribution in [0.4, 0.5) is 5.69 Å². The lowest BCUT2D eigenvalue weighted by atomic mass is 10.1. The van der Waals surface area contributed by atoms with Gasteiger partial charge in [-0.25, -0.2) is 0 Å². The Morgan fingerprint density at radius 2 is 2.30 bits per heavy atom. The standard InChI is InChI=1S/C14H19N3O3/c1-10-12(6-3-7-13(10)17(19)20)14(18)16-8-4-5-11(16)9-15-2/h3,6-7,11,15H,4-5,8-9H2,1-2H3. The van der Waals surface area contributed by atoms with Crippen molar-refractivity contribution in [2.75, 3.05) is 20.1 Å². The van der Waals surface area contributed by atoms with Gasteiger partial charge in [-0.05, 0) is 32.9 Å². The van der Waals surface area contributed by atoms with Gasteiger partial charge >= 0.3 is 0 Å². The molecule has 6 nitrogen and oxygen atoms in total. The Balaban J connectivity index is 2.29. The van der Waals surface area contributed by atoms with Gasteiger partial charge in [-0.2, -0.15) is 0 Å². The van der Waals surface area contributed by atoms with Crippen LogP contribution in [0.3, 0.4) is 0 Å². The fourth-order valence-corrected chi connectivity index (χ4v) is 2.76. The number of likely N-dealkylation sites (N-methyl/N-ethyl adjacent to an activating group) is 1. The molecule has 0 bridgehead atoms. The highest BCUT2D eigenvalue weighted by atomic mass is 16.6. The van der Waals surface area contributed by atoms with Crippen molar-refractivity contribution >= 4 is 11.6 Å². The van der Waals surface area contributed by atoms with E-state index in [-0.39, 0.29) is 17.6 Å². The molecule has 0 aromatic heterocycles. The molecule has 1 amide bonds. The summed E-state index contributed by atoms with van der Waals surface area (Å²) in [7, 11) is 1.86. The molecule has 1 heterocycles. The minimum Gasteiger partial charge on any atom is -0.334 e. The molecule has 0 saturated carbocycles. The van der Waals surface area contributed by atoms with Crippen molar-refractivity contribution in [2.45, 2.75) is 25.8 Å². The number of hydrogen-bond acceptors (Lipinski definition) is 4. The average Bonchev–Trinajstić information content (AvgIpc) is 2.86. The predicted octanol–water partition coefficient (Wildman–Crippen LogP) is 1.73. The molecule has 1 N–H and O–H groups in total. The van der Waals surface area contributed by atoms with E-state index in [4.69, 9.17) is 0 Å². The van der Waals surface area contributed by atoms with Gasteiger partial charge in [0.15, 0.2) is 0 Å². The van der Waals surface area contributed by atoms with E-state index in [2.05, 4.69) is 5.32 Å². The second-order valence-electron chi connectivity index (χ2n) is 5.06. The quantitative estimate of drug-likeness (QED) is 0.671. The van der Waals surface area contributed by atoms with E-state index < -0.39 is 4.92 Å². The number of nitrogens with one attached hydrogen (secondary N) is 1. The van der Waals surface area contributed by atoms with E-state index in [9.17, 15) is 14.9 Å². The maximum Gasteiger partial charge on any atom is 0.273 e. The van der Waals surface area contributed by atoms with E-state index in [0.29, 0.717) is 17.7 Å². The Kier molecular flexibility index (Phi) is 4.34. The Labute approximate surface area is 117 Å². The molecule has 1 aromatic carbocycles. The molecule has 2 rings (SSSR count). The van der Waals surface area contributed by atoms with Gasteiger partial charge in [0.05, 0.1) is 4.92 Å². The normalized spacial score (nSPS) is 18.3. The molecule has 1 aliphatic rings. The van der Waals surface area contributed by atoms with Crippen LogP contribution >= 0.6 is 0 Å². The second-order valence-corrected chi connectivity index (χ2v) is 5.06. The summed E-state index contributed by atoms with van der Waals surface area (Å²) in [4.78, 5) is 24.9. The molecule has 0 radical (unpaired) electrons. The fourth-order valence-electron chi connectivity index (χ4n) is 2.76. The van der Waals surface area contributed by atoms with E-state index in [1.165, 1.54) is 6.07 Å². The summed E-state index contributed by atoms with van der Waals surface area (Å²) < 4.78 is 0. The van der Waals surface area contributed by atoms with Gasteiger partial charge in [0, 0.05) is 36.3 Å². The van der Waals surface area contributed by atoms with E-state index in [0.717, 1.165) is 19.4 Å². The first kappa shape index (κ1) is 14.5. The molecule has 0 spiro atoms. The average molecular weight is 277 g/mol. The molecule has 108 valence electrons. The first-order valence-corrected chi connectivity index (χ1v) is 6.75. The van der Waals surface area contributed by atoms with Gasteiger partial charge < -0.3 is 10.2 Å². The van der Waals surface area contributed by atoms with Gasteiger partial charge in [-0.3, -0.25) is 14.9 Å². The zero-order chi connectivity index (χ0) is 14.7. The number of benzene rings is 1. The van der Waals surface area contributed by atoms with Crippen LogP contribution in [0, 0.1) is 17.0 Å². The maximum atomic E-state index is 12.6. The summed E-state index contributed by atoms with van der Waals surface area (Å²) in [6.07, 6.45) is 1.95. The first-order chi connectivity index (χ1) is 9.56. The van der Waals surface area contributed by atoms with Crippen molar-refractivity contribution in [3.63, 3.8) is 0 Å². The number of likely N-dealkylation sites (tertiary alicyclic amines) is 1. The maximum absolute atomic E-state index is 12.6. The van der Waals surface area contributed by atoms with E-state index >= 15 is 0 Å². The second kappa shape index (κ2) is 6.00. The highest BCUT2D eigenvalue weighted by Gasteiger charge is 2.30.